The van der Waals surface area contributed by atoms with Crippen molar-refractivity contribution >= 4 is 22.1 Å². The van der Waals surface area contributed by atoms with Gasteiger partial charge in [-0.1, -0.05) is 48.2 Å². The summed E-state index contributed by atoms with van der Waals surface area (Å²) in [5.41, 5.74) is 2.45. The van der Waals surface area contributed by atoms with Crippen molar-refractivity contribution in [2.75, 3.05) is 0 Å². The Morgan fingerprint density at radius 3 is 2.71 bits per heavy atom. The van der Waals surface area contributed by atoms with Gasteiger partial charge in [-0.05, 0) is 51.3 Å². The molecule has 2 aromatic heterocycles. The standard InChI is InChI=1S/C26H27N3OS/c1-18(27-16-22-13-12-21(31-22)14-15-26(3,4)30)24-17-28-29(19(24)2)25-11-7-9-20-8-5-6-10-23(20)25/h5-13,17-18,27,30H,16H2,1-4H3/t18-/m0/s1. The first kappa shape index (κ1) is 21.3. The maximum Gasteiger partial charge on any atom is 0.120 e. The molecule has 158 valence electrons. The third-order valence-corrected chi connectivity index (χ3v) is 6.25. The summed E-state index contributed by atoms with van der Waals surface area (Å²) < 4.78 is 2.03. The molecule has 0 aliphatic heterocycles. The van der Waals surface area contributed by atoms with Gasteiger partial charge in [0.15, 0.2) is 0 Å². The molecule has 5 heteroatoms. The average molecular weight is 430 g/mol. The Balaban J connectivity index is 1.49. The monoisotopic (exact) mass is 429 g/mol. The number of hydrogen-bond donors (Lipinski definition) is 2. The molecule has 4 aromatic rings. The lowest BCUT2D eigenvalue weighted by molar-refractivity contribution is 0.143. The highest BCUT2D eigenvalue weighted by atomic mass is 32.1. The van der Waals surface area contributed by atoms with Gasteiger partial charge in [0.05, 0.1) is 16.8 Å². The number of nitrogens with one attached hydrogen (secondary N) is 1. The van der Waals surface area contributed by atoms with E-state index in [4.69, 9.17) is 5.10 Å². The Kier molecular flexibility index (Phi) is 5.97. The topological polar surface area (TPSA) is 50.1 Å². The molecule has 4 nitrogen and oxygen atoms in total. The fraction of sp³-hybridized carbons (Fsp3) is 0.269. The van der Waals surface area contributed by atoms with E-state index in [1.54, 1.807) is 25.2 Å². The Labute approximate surface area is 187 Å². The first-order valence-corrected chi connectivity index (χ1v) is 11.2. The molecular weight excluding hydrogens is 402 g/mol. The summed E-state index contributed by atoms with van der Waals surface area (Å²) in [6.07, 6.45) is 1.96. The van der Waals surface area contributed by atoms with Gasteiger partial charge in [-0.2, -0.15) is 5.10 Å². The van der Waals surface area contributed by atoms with Crippen molar-refractivity contribution in [2.45, 2.75) is 45.9 Å². The van der Waals surface area contributed by atoms with Crippen LogP contribution in [-0.2, 0) is 6.54 Å². The van der Waals surface area contributed by atoms with Crippen molar-refractivity contribution in [2.24, 2.45) is 0 Å². The fourth-order valence-electron chi connectivity index (χ4n) is 3.60. The van der Waals surface area contributed by atoms with Gasteiger partial charge >= 0.3 is 0 Å². The third-order valence-electron chi connectivity index (χ3n) is 5.24. The largest absolute Gasteiger partial charge is 0.378 e. The van der Waals surface area contributed by atoms with Crippen LogP contribution in [0.1, 0.15) is 47.8 Å². The van der Waals surface area contributed by atoms with Crippen LogP contribution in [0, 0.1) is 18.8 Å². The van der Waals surface area contributed by atoms with Crippen LogP contribution < -0.4 is 5.32 Å². The summed E-state index contributed by atoms with van der Waals surface area (Å²) in [6.45, 7) is 8.43. The fourth-order valence-corrected chi connectivity index (χ4v) is 4.41. The molecule has 0 aliphatic carbocycles. The lowest BCUT2D eigenvalue weighted by atomic mass is 10.1. The average Bonchev–Trinajstić information content (AvgIpc) is 3.36. The van der Waals surface area contributed by atoms with E-state index < -0.39 is 5.60 Å². The lowest BCUT2D eigenvalue weighted by Crippen LogP contribution is -2.18. The SMILES string of the molecule is Cc1c([C@H](C)NCc2ccc(C#CC(C)(C)O)s2)cnn1-c1cccc2ccccc12. The molecule has 2 aromatic carbocycles. The zero-order valence-corrected chi connectivity index (χ0v) is 19.1. The van der Waals surface area contributed by atoms with Crippen LogP contribution in [0.25, 0.3) is 16.5 Å². The van der Waals surface area contributed by atoms with Crippen LogP contribution in [0.2, 0.25) is 0 Å². The molecule has 0 saturated heterocycles. The molecule has 0 saturated carbocycles. The molecule has 31 heavy (non-hydrogen) atoms. The van der Waals surface area contributed by atoms with E-state index in [0.717, 1.165) is 22.8 Å². The van der Waals surface area contributed by atoms with E-state index in [9.17, 15) is 5.11 Å². The normalized spacial score (nSPS) is 12.5. The molecule has 0 aliphatic rings. The van der Waals surface area contributed by atoms with Crippen LogP contribution in [0.3, 0.4) is 0 Å². The van der Waals surface area contributed by atoms with Crippen LogP contribution >= 0.6 is 11.3 Å². The predicted molar refractivity (Wildman–Crippen MR) is 129 cm³/mol. The van der Waals surface area contributed by atoms with Crippen LogP contribution in [0.5, 0.6) is 0 Å². The molecule has 0 amide bonds. The molecule has 0 fully saturated rings. The molecule has 2 heterocycles. The first-order valence-electron chi connectivity index (χ1n) is 10.4. The van der Waals surface area contributed by atoms with Crippen molar-refractivity contribution < 1.29 is 5.11 Å². The summed E-state index contributed by atoms with van der Waals surface area (Å²) in [5.74, 6) is 5.91. The Hall–Kier alpha value is -2.91. The molecule has 0 bridgehead atoms. The van der Waals surface area contributed by atoms with Crippen molar-refractivity contribution in [3.05, 3.63) is 81.8 Å². The zero-order chi connectivity index (χ0) is 22.0. The highest BCUT2D eigenvalue weighted by Crippen LogP contribution is 2.26. The number of fused-ring (bicyclic) bond motifs is 1. The number of thiophene rings is 1. The Morgan fingerprint density at radius 2 is 1.90 bits per heavy atom. The molecule has 0 spiro atoms. The summed E-state index contributed by atoms with van der Waals surface area (Å²) >= 11 is 1.65. The molecule has 1 atom stereocenters. The smallest absolute Gasteiger partial charge is 0.120 e. The second kappa shape index (κ2) is 8.68. The van der Waals surface area contributed by atoms with Gasteiger partial charge in [-0.25, -0.2) is 4.68 Å². The number of nitrogens with zero attached hydrogens (tertiary/aromatic N) is 2. The molecule has 0 radical (unpaired) electrons. The van der Waals surface area contributed by atoms with Crippen molar-refractivity contribution in [1.82, 2.24) is 15.1 Å². The second-order valence-electron chi connectivity index (χ2n) is 8.27. The summed E-state index contributed by atoms with van der Waals surface area (Å²) in [6, 6.07) is 19.0. The quantitative estimate of drug-likeness (QED) is 0.420. The summed E-state index contributed by atoms with van der Waals surface area (Å²) in [7, 11) is 0. The van der Waals surface area contributed by atoms with Gasteiger partial charge < -0.3 is 10.4 Å². The van der Waals surface area contributed by atoms with Gasteiger partial charge in [0.1, 0.15) is 5.60 Å². The highest BCUT2D eigenvalue weighted by Gasteiger charge is 2.15. The second-order valence-corrected chi connectivity index (χ2v) is 9.44. The van der Waals surface area contributed by atoms with E-state index in [1.807, 2.05) is 16.9 Å². The molecule has 4 rings (SSSR count). The molecule has 0 unspecified atom stereocenters. The minimum Gasteiger partial charge on any atom is -0.378 e. The van der Waals surface area contributed by atoms with Crippen molar-refractivity contribution in [3.63, 3.8) is 0 Å². The number of hydrogen-bond acceptors (Lipinski definition) is 4. The van der Waals surface area contributed by atoms with E-state index >= 15 is 0 Å². The van der Waals surface area contributed by atoms with Gasteiger partial charge in [-0.15, -0.1) is 11.3 Å². The van der Waals surface area contributed by atoms with Gasteiger partial charge in [0.25, 0.3) is 0 Å². The summed E-state index contributed by atoms with van der Waals surface area (Å²) in [4.78, 5) is 2.18. The van der Waals surface area contributed by atoms with E-state index in [-0.39, 0.29) is 6.04 Å². The maximum atomic E-state index is 9.77. The van der Waals surface area contributed by atoms with Crippen LogP contribution in [0.4, 0.5) is 0 Å². The molecule has 2 N–H and O–H groups in total. The van der Waals surface area contributed by atoms with E-state index in [0.29, 0.717) is 0 Å². The zero-order valence-electron chi connectivity index (χ0n) is 18.3. The van der Waals surface area contributed by atoms with Gasteiger partial charge in [0.2, 0.25) is 0 Å². The van der Waals surface area contributed by atoms with E-state index in [1.165, 1.54) is 21.2 Å². The first-order chi connectivity index (χ1) is 14.8. The Bertz CT molecular complexity index is 1260. The minimum atomic E-state index is -0.974. The van der Waals surface area contributed by atoms with Gasteiger partial charge in [0, 0.05) is 34.1 Å². The third kappa shape index (κ3) is 4.88. The number of aliphatic hydroxyl groups is 1. The number of aromatic nitrogens is 2. The minimum absolute atomic E-state index is 0.164. The summed E-state index contributed by atoms with van der Waals surface area (Å²) in [5, 5.41) is 20.5. The number of benzene rings is 2. The predicted octanol–water partition coefficient (Wildman–Crippen LogP) is 5.37. The van der Waals surface area contributed by atoms with Gasteiger partial charge in [-0.3, -0.25) is 0 Å². The highest BCUT2D eigenvalue weighted by molar-refractivity contribution is 7.12. The number of rotatable bonds is 5. The van der Waals surface area contributed by atoms with Crippen LogP contribution in [0.15, 0.2) is 60.8 Å². The van der Waals surface area contributed by atoms with E-state index in [2.05, 4.69) is 79.5 Å². The van der Waals surface area contributed by atoms with Crippen LogP contribution in [-0.4, -0.2) is 20.5 Å². The van der Waals surface area contributed by atoms with Crippen molar-refractivity contribution in [3.8, 4) is 17.5 Å². The Morgan fingerprint density at radius 1 is 1.13 bits per heavy atom. The molecular formula is C26H27N3OS. The van der Waals surface area contributed by atoms with Crippen molar-refractivity contribution in [1.29, 1.82) is 0 Å². The maximum absolute atomic E-state index is 9.77. The lowest BCUT2D eigenvalue weighted by Gasteiger charge is -2.14.